The number of nitrogens with zero attached hydrogens (tertiary/aromatic N) is 1. The lowest BCUT2D eigenvalue weighted by atomic mass is 10.2. The van der Waals surface area contributed by atoms with E-state index in [0.717, 1.165) is 10.9 Å². The highest BCUT2D eigenvalue weighted by atomic mass is 79.9. The number of hydrogen-bond acceptors (Lipinski definition) is 4. The van der Waals surface area contributed by atoms with Crippen LogP contribution in [0.2, 0.25) is 0 Å². The number of nitrogens with two attached hydrogens (primary N) is 1. The van der Waals surface area contributed by atoms with Gasteiger partial charge >= 0.3 is 0 Å². The van der Waals surface area contributed by atoms with Crippen LogP contribution in [-0.2, 0) is 0 Å². The Morgan fingerprint density at radius 2 is 2.31 bits per heavy atom. The Hall–Kier alpha value is -1.14. The number of nitro benzene ring substituents is 1. The molecule has 88 valence electrons. The SMILES string of the molecule is CCC(N)CNc1cc(Br)ccc1[N+](=O)[O-]. The first-order chi connectivity index (χ1) is 7.54. The fraction of sp³-hybridized carbons (Fsp3) is 0.400. The quantitative estimate of drug-likeness (QED) is 0.644. The summed E-state index contributed by atoms with van der Waals surface area (Å²) in [7, 11) is 0. The molecule has 0 aliphatic rings. The van der Waals surface area contributed by atoms with Crippen LogP contribution in [0.25, 0.3) is 0 Å². The maximum absolute atomic E-state index is 10.8. The minimum Gasteiger partial charge on any atom is -0.378 e. The van der Waals surface area contributed by atoms with Crippen LogP contribution in [0.4, 0.5) is 11.4 Å². The third kappa shape index (κ3) is 3.46. The molecule has 0 aliphatic carbocycles. The minimum atomic E-state index is -0.410. The van der Waals surface area contributed by atoms with Crippen LogP contribution >= 0.6 is 15.9 Å². The normalized spacial score (nSPS) is 12.2. The van der Waals surface area contributed by atoms with Crippen molar-refractivity contribution in [2.24, 2.45) is 5.73 Å². The molecule has 3 N–H and O–H groups in total. The van der Waals surface area contributed by atoms with E-state index in [-0.39, 0.29) is 11.7 Å². The van der Waals surface area contributed by atoms with Crippen LogP contribution in [0.1, 0.15) is 13.3 Å². The molecule has 5 nitrogen and oxygen atoms in total. The predicted octanol–water partition coefficient (Wildman–Crippen LogP) is 2.51. The molecule has 0 radical (unpaired) electrons. The first-order valence-corrected chi connectivity index (χ1v) is 5.77. The Balaban J connectivity index is 2.84. The summed E-state index contributed by atoms with van der Waals surface area (Å²) < 4.78 is 0.797. The zero-order valence-electron chi connectivity index (χ0n) is 8.94. The Labute approximate surface area is 102 Å². The number of benzene rings is 1. The molecule has 16 heavy (non-hydrogen) atoms. The summed E-state index contributed by atoms with van der Waals surface area (Å²) in [6, 6.07) is 4.78. The summed E-state index contributed by atoms with van der Waals surface area (Å²) in [5.74, 6) is 0. The first kappa shape index (κ1) is 12.9. The van der Waals surface area contributed by atoms with Crippen molar-refractivity contribution in [1.82, 2.24) is 0 Å². The standard InChI is InChI=1S/C10H14BrN3O2/c1-2-8(12)6-13-9-5-7(11)3-4-10(9)14(15)16/h3-5,8,13H,2,6,12H2,1H3. The molecule has 1 rings (SSSR count). The third-order valence-electron chi connectivity index (χ3n) is 2.23. The van der Waals surface area contributed by atoms with Crippen molar-refractivity contribution in [3.63, 3.8) is 0 Å². The van der Waals surface area contributed by atoms with E-state index in [4.69, 9.17) is 5.73 Å². The number of rotatable bonds is 5. The zero-order valence-corrected chi connectivity index (χ0v) is 10.5. The van der Waals surface area contributed by atoms with Crippen molar-refractivity contribution in [3.8, 4) is 0 Å². The van der Waals surface area contributed by atoms with Gasteiger partial charge in [0.15, 0.2) is 0 Å². The lowest BCUT2D eigenvalue weighted by molar-refractivity contribution is -0.384. The second-order valence-electron chi connectivity index (χ2n) is 3.47. The monoisotopic (exact) mass is 287 g/mol. The maximum atomic E-state index is 10.8. The van der Waals surface area contributed by atoms with Crippen LogP contribution in [-0.4, -0.2) is 17.5 Å². The summed E-state index contributed by atoms with van der Waals surface area (Å²) in [4.78, 5) is 10.4. The van der Waals surface area contributed by atoms with Gasteiger partial charge in [0.2, 0.25) is 0 Å². The zero-order chi connectivity index (χ0) is 12.1. The highest BCUT2D eigenvalue weighted by Crippen LogP contribution is 2.27. The molecule has 0 heterocycles. The van der Waals surface area contributed by atoms with Crippen LogP contribution in [0, 0.1) is 10.1 Å². The lowest BCUT2D eigenvalue weighted by Gasteiger charge is -2.11. The summed E-state index contributed by atoms with van der Waals surface area (Å²) >= 11 is 3.28. The molecule has 0 spiro atoms. The molecule has 0 aliphatic heterocycles. The molecule has 0 saturated heterocycles. The Kier molecular flexibility index (Phi) is 4.70. The molecule has 0 aromatic heterocycles. The van der Waals surface area contributed by atoms with Crippen molar-refractivity contribution >= 4 is 27.3 Å². The number of nitrogens with one attached hydrogen (secondary N) is 1. The average molecular weight is 288 g/mol. The molecular formula is C10H14BrN3O2. The van der Waals surface area contributed by atoms with Gasteiger partial charge in [-0.25, -0.2) is 0 Å². The van der Waals surface area contributed by atoms with Crippen molar-refractivity contribution in [3.05, 3.63) is 32.8 Å². The van der Waals surface area contributed by atoms with Gasteiger partial charge in [-0.2, -0.15) is 0 Å². The Morgan fingerprint density at radius 3 is 2.88 bits per heavy atom. The van der Waals surface area contributed by atoms with Crippen molar-refractivity contribution in [2.75, 3.05) is 11.9 Å². The van der Waals surface area contributed by atoms with Gasteiger partial charge < -0.3 is 11.1 Å². The fourth-order valence-corrected chi connectivity index (χ4v) is 1.56. The Bertz CT molecular complexity index is 384. The highest BCUT2D eigenvalue weighted by Gasteiger charge is 2.13. The van der Waals surface area contributed by atoms with Crippen LogP contribution < -0.4 is 11.1 Å². The molecule has 1 atom stereocenters. The van der Waals surface area contributed by atoms with Crippen molar-refractivity contribution in [2.45, 2.75) is 19.4 Å². The third-order valence-corrected chi connectivity index (χ3v) is 2.73. The molecule has 6 heteroatoms. The molecule has 0 bridgehead atoms. The second-order valence-corrected chi connectivity index (χ2v) is 4.38. The van der Waals surface area contributed by atoms with Gasteiger partial charge in [0, 0.05) is 23.1 Å². The van der Waals surface area contributed by atoms with Gasteiger partial charge in [-0.05, 0) is 18.6 Å². The van der Waals surface area contributed by atoms with Gasteiger partial charge in [-0.3, -0.25) is 10.1 Å². The topological polar surface area (TPSA) is 81.2 Å². The van der Waals surface area contributed by atoms with E-state index >= 15 is 0 Å². The molecule has 0 fully saturated rings. The molecular weight excluding hydrogens is 274 g/mol. The Morgan fingerprint density at radius 1 is 1.62 bits per heavy atom. The van der Waals surface area contributed by atoms with Gasteiger partial charge in [0.05, 0.1) is 4.92 Å². The highest BCUT2D eigenvalue weighted by molar-refractivity contribution is 9.10. The average Bonchev–Trinajstić information content (AvgIpc) is 2.25. The summed E-state index contributed by atoms with van der Waals surface area (Å²) in [6.45, 7) is 2.50. The number of halogens is 1. The van der Waals surface area contributed by atoms with E-state index in [9.17, 15) is 10.1 Å². The summed E-state index contributed by atoms with van der Waals surface area (Å²) in [5.41, 5.74) is 6.29. The lowest BCUT2D eigenvalue weighted by Crippen LogP contribution is -2.28. The van der Waals surface area contributed by atoms with Crippen molar-refractivity contribution < 1.29 is 4.92 Å². The van der Waals surface area contributed by atoms with E-state index in [1.165, 1.54) is 6.07 Å². The van der Waals surface area contributed by atoms with E-state index in [1.54, 1.807) is 12.1 Å². The van der Waals surface area contributed by atoms with Gasteiger partial charge in [0.25, 0.3) is 5.69 Å². The van der Waals surface area contributed by atoms with E-state index in [2.05, 4.69) is 21.2 Å². The second kappa shape index (κ2) is 5.81. The molecule has 1 aromatic carbocycles. The maximum Gasteiger partial charge on any atom is 0.292 e. The van der Waals surface area contributed by atoms with Crippen molar-refractivity contribution in [1.29, 1.82) is 0 Å². The first-order valence-electron chi connectivity index (χ1n) is 4.98. The number of nitro groups is 1. The number of hydrogen-bond donors (Lipinski definition) is 2. The van der Waals surface area contributed by atoms with E-state index in [0.29, 0.717) is 12.2 Å². The molecule has 1 unspecified atom stereocenters. The smallest absolute Gasteiger partial charge is 0.292 e. The summed E-state index contributed by atoms with van der Waals surface area (Å²) in [5, 5.41) is 13.8. The van der Waals surface area contributed by atoms with Crippen LogP contribution in [0.3, 0.4) is 0 Å². The number of anilines is 1. The largest absolute Gasteiger partial charge is 0.378 e. The summed E-state index contributed by atoms with van der Waals surface area (Å²) in [6.07, 6.45) is 0.828. The fourth-order valence-electron chi connectivity index (χ4n) is 1.19. The van der Waals surface area contributed by atoms with Gasteiger partial charge in [0.1, 0.15) is 5.69 Å². The van der Waals surface area contributed by atoms with Crippen LogP contribution in [0.5, 0.6) is 0 Å². The molecule has 0 amide bonds. The minimum absolute atomic E-state index is 0.00131. The van der Waals surface area contributed by atoms with Crippen LogP contribution in [0.15, 0.2) is 22.7 Å². The van der Waals surface area contributed by atoms with Gasteiger partial charge in [-0.1, -0.05) is 22.9 Å². The predicted molar refractivity (Wildman–Crippen MR) is 67.6 cm³/mol. The van der Waals surface area contributed by atoms with E-state index < -0.39 is 4.92 Å². The molecule has 1 aromatic rings. The van der Waals surface area contributed by atoms with Gasteiger partial charge in [-0.15, -0.1) is 0 Å². The van der Waals surface area contributed by atoms with E-state index in [1.807, 2.05) is 6.92 Å². The molecule has 0 saturated carbocycles.